The molecule has 4 rings (SSSR count). The number of ketones is 1. The maximum absolute atomic E-state index is 14.5. The highest BCUT2D eigenvalue weighted by atomic mass is 19.1. The Morgan fingerprint density at radius 3 is 2.70 bits per heavy atom. The summed E-state index contributed by atoms with van der Waals surface area (Å²) in [6, 6.07) is 11.5. The van der Waals surface area contributed by atoms with E-state index < -0.39 is 18.0 Å². The van der Waals surface area contributed by atoms with Gasteiger partial charge in [-0.15, -0.1) is 0 Å². The van der Waals surface area contributed by atoms with Crippen LogP contribution >= 0.6 is 0 Å². The van der Waals surface area contributed by atoms with Crippen LogP contribution in [0.1, 0.15) is 28.8 Å². The molecule has 1 fully saturated rings. The number of amides is 2. The number of hydrogen-bond donors (Lipinski definition) is 2. The van der Waals surface area contributed by atoms with Crippen molar-refractivity contribution in [1.82, 2.24) is 20.5 Å². The van der Waals surface area contributed by atoms with E-state index in [1.165, 1.54) is 23.4 Å². The molecule has 33 heavy (non-hydrogen) atoms. The van der Waals surface area contributed by atoms with Crippen molar-refractivity contribution in [2.45, 2.75) is 25.9 Å². The number of nitrogens with zero attached hydrogens (tertiary/aromatic N) is 3. The fourth-order valence-electron chi connectivity index (χ4n) is 3.46. The van der Waals surface area contributed by atoms with Gasteiger partial charge < -0.3 is 10.1 Å². The minimum atomic E-state index is -0.629. The summed E-state index contributed by atoms with van der Waals surface area (Å²) in [5.41, 5.74) is 2.18. The second-order valence-corrected chi connectivity index (χ2v) is 7.71. The molecule has 0 bridgehead atoms. The lowest BCUT2D eigenvalue weighted by Gasteiger charge is -2.14. The summed E-state index contributed by atoms with van der Waals surface area (Å²) in [6.07, 6.45) is 0.174. The van der Waals surface area contributed by atoms with Crippen LogP contribution in [-0.4, -0.2) is 52.2 Å². The quantitative estimate of drug-likeness (QED) is 0.509. The van der Waals surface area contributed by atoms with Gasteiger partial charge in [-0.05, 0) is 25.1 Å². The Balaban J connectivity index is 1.27. The van der Waals surface area contributed by atoms with Crippen molar-refractivity contribution in [1.29, 1.82) is 0 Å². The third-order valence-corrected chi connectivity index (χ3v) is 5.29. The van der Waals surface area contributed by atoms with Crippen molar-refractivity contribution < 1.29 is 23.5 Å². The molecule has 1 atom stereocenters. The zero-order valence-corrected chi connectivity index (χ0v) is 17.9. The minimum absolute atomic E-state index is 0.0331. The summed E-state index contributed by atoms with van der Waals surface area (Å²) >= 11 is 0. The van der Waals surface area contributed by atoms with E-state index >= 15 is 0 Å². The van der Waals surface area contributed by atoms with Crippen LogP contribution in [0.3, 0.4) is 0 Å². The molecule has 1 aromatic heterocycles. The molecule has 10 heteroatoms. The van der Waals surface area contributed by atoms with E-state index in [4.69, 9.17) is 4.74 Å². The highest BCUT2D eigenvalue weighted by Gasteiger charge is 2.33. The second-order valence-electron chi connectivity index (χ2n) is 7.71. The molecule has 0 aliphatic carbocycles. The Labute approximate surface area is 189 Å². The van der Waals surface area contributed by atoms with Crippen LogP contribution in [-0.2, 0) is 9.53 Å². The first-order valence-electron chi connectivity index (χ1n) is 10.4. The molecular formula is C23H22FN5O4. The maximum atomic E-state index is 14.5. The van der Waals surface area contributed by atoms with Crippen LogP contribution in [0, 0.1) is 12.7 Å². The number of halogens is 1. The summed E-state index contributed by atoms with van der Waals surface area (Å²) in [6.45, 7) is 2.18. The van der Waals surface area contributed by atoms with Gasteiger partial charge in [0.1, 0.15) is 18.2 Å². The molecule has 1 aliphatic rings. The highest BCUT2D eigenvalue weighted by molar-refractivity contribution is 5.98. The molecule has 2 N–H and O–H groups in total. The van der Waals surface area contributed by atoms with Gasteiger partial charge in [0.05, 0.1) is 24.3 Å². The minimum Gasteiger partial charge on any atom is -0.442 e. The molecule has 0 spiro atoms. The monoisotopic (exact) mass is 451 g/mol. The van der Waals surface area contributed by atoms with Gasteiger partial charge in [0, 0.05) is 18.4 Å². The average molecular weight is 451 g/mol. The summed E-state index contributed by atoms with van der Waals surface area (Å²) < 4.78 is 19.8. The van der Waals surface area contributed by atoms with Gasteiger partial charge in [-0.2, -0.15) is 5.10 Å². The fraction of sp³-hybridized carbons (Fsp3) is 0.261. The van der Waals surface area contributed by atoms with Gasteiger partial charge in [0.15, 0.2) is 11.6 Å². The molecule has 2 heterocycles. The Bertz CT molecular complexity index is 1160. The molecule has 170 valence electrons. The number of benzene rings is 2. The van der Waals surface area contributed by atoms with Gasteiger partial charge in [0.2, 0.25) is 5.91 Å². The van der Waals surface area contributed by atoms with Crippen LogP contribution in [0.2, 0.25) is 0 Å². The van der Waals surface area contributed by atoms with Crippen LogP contribution < -0.4 is 10.2 Å². The molecule has 1 saturated heterocycles. The third-order valence-electron chi connectivity index (χ3n) is 5.29. The fourth-order valence-corrected chi connectivity index (χ4v) is 3.46. The number of Topliss-reactive ketones (excluding diaryl/α,β-unsaturated/α-hetero) is 1. The molecule has 1 aliphatic heterocycles. The molecular weight excluding hydrogens is 429 g/mol. The summed E-state index contributed by atoms with van der Waals surface area (Å²) in [5, 5.41) is 8.97. The van der Waals surface area contributed by atoms with Crippen LogP contribution in [0.25, 0.3) is 11.4 Å². The number of cyclic esters (lactones) is 1. The SMILES string of the molecule is Cc1ccc(C(=O)CCC(=O)NC[C@H]2CN(c3ccc(-c4ncn[nH]4)c(F)c3)C(=O)O2)cc1. The molecule has 2 amide bonds. The maximum Gasteiger partial charge on any atom is 0.414 e. The van der Waals surface area contributed by atoms with Crippen LogP contribution in [0.5, 0.6) is 0 Å². The van der Waals surface area contributed by atoms with Gasteiger partial charge >= 0.3 is 6.09 Å². The lowest BCUT2D eigenvalue weighted by Crippen LogP contribution is -2.34. The Morgan fingerprint density at radius 1 is 1.21 bits per heavy atom. The van der Waals surface area contributed by atoms with Gasteiger partial charge in [0.25, 0.3) is 0 Å². The van der Waals surface area contributed by atoms with Crippen molar-refractivity contribution in [3.63, 3.8) is 0 Å². The number of aromatic nitrogens is 3. The van der Waals surface area contributed by atoms with E-state index in [0.29, 0.717) is 11.3 Å². The lowest BCUT2D eigenvalue weighted by atomic mass is 10.0. The number of ether oxygens (including phenoxy) is 1. The number of carbonyl (C=O) groups excluding carboxylic acids is 3. The van der Waals surface area contributed by atoms with E-state index in [-0.39, 0.29) is 49.0 Å². The molecule has 9 nitrogen and oxygen atoms in total. The molecule has 0 unspecified atom stereocenters. The molecule has 0 saturated carbocycles. The molecule has 3 aromatic rings. The standard InChI is InChI=1S/C23H22FN5O4/c1-14-2-4-15(5-3-14)20(30)8-9-21(31)25-11-17-12-29(23(32)33-17)16-6-7-18(19(24)10-16)22-26-13-27-28-22/h2-7,10,13,17H,8-9,11-12H2,1H3,(H,25,31)(H,26,27,28)/t17-/m0/s1. The van der Waals surface area contributed by atoms with Gasteiger partial charge in [-0.3, -0.25) is 19.6 Å². The number of rotatable bonds is 8. The van der Waals surface area contributed by atoms with E-state index in [9.17, 15) is 18.8 Å². The highest BCUT2D eigenvalue weighted by Crippen LogP contribution is 2.27. The van der Waals surface area contributed by atoms with E-state index in [1.807, 2.05) is 19.1 Å². The number of aromatic amines is 1. The van der Waals surface area contributed by atoms with Crippen LogP contribution in [0.15, 0.2) is 48.8 Å². The van der Waals surface area contributed by atoms with Crippen molar-refractivity contribution in [3.8, 4) is 11.4 Å². The lowest BCUT2D eigenvalue weighted by molar-refractivity contribution is -0.121. The summed E-state index contributed by atoms with van der Waals surface area (Å²) in [5.74, 6) is -0.705. The zero-order chi connectivity index (χ0) is 23.4. The number of carbonyl (C=O) groups is 3. The predicted octanol–water partition coefficient (Wildman–Crippen LogP) is 3.02. The van der Waals surface area contributed by atoms with Gasteiger partial charge in [-0.1, -0.05) is 29.8 Å². The Kier molecular flexibility index (Phi) is 6.43. The third kappa shape index (κ3) is 5.22. The average Bonchev–Trinajstić information content (AvgIpc) is 3.46. The number of aryl methyl sites for hydroxylation is 1. The number of nitrogens with one attached hydrogen (secondary N) is 2. The number of H-pyrrole nitrogens is 1. The summed E-state index contributed by atoms with van der Waals surface area (Å²) in [7, 11) is 0. The van der Waals surface area contributed by atoms with E-state index in [2.05, 4.69) is 20.5 Å². The Morgan fingerprint density at radius 2 is 2.00 bits per heavy atom. The van der Waals surface area contributed by atoms with Crippen molar-refractivity contribution in [2.24, 2.45) is 0 Å². The summed E-state index contributed by atoms with van der Waals surface area (Å²) in [4.78, 5) is 41.8. The van der Waals surface area contributed by atoms with E-state index in [1.54, 1.807) is 18.2 Å². The smallest absolute Gasteiger partial charge is 0.414 e. The van der Waals surface area contributed by atoms with Crippen molar-refractivity contribution in [3.05, 3.63) is 65.7 Å². The van der Waals surface area contributed by atoms with Gasteiger partial charge in [-0.25, -0.2) is 14.2 Å². The second kappa shape index (κ2) is 9.60. The first kappa shape index (κ1) is 22.1. The molecule has 0 radical (unpaired) electrons. The predicted molar refractivity (Wildman–Crippen MR) is 117 cm³/mol. The topological polar surface area (TPSA) is 117 Å². The number of anilines is 1. The normalized spacial score (nSPS) is 15.4. The first-order chi connectivity index (χ1) is 15.9. The van der Waals surface area contributed by atoms with Crippen LogP contribution in [0.4, 0.5) is 14.9 Å². The van der Waals surface area contributed by atoms with Crippen molar-refractivity contribution >= 4 is 23.5 Å². The largest absolute Gasteiger partial charge is 0.442 e. The zero-order valence-electron chi connectivity index (χ0n) is 17.9. The molecule has 2 aromatic carbocycles. The Hall–Kier alpha value is -4.08. The first-order valence-corrected chi connectivity index (χ1v) is 10.4. The van der Waals surface area contributed by atoms with Crippen molar-refractivity contribution in [2.75, 3.05) is 18.0 Å². The number of hydrogen-bond acceptors (Lipinski definition) is 6. The van der Waals surface area contributed by atoms with E-state index in [0.717, 1.165) is 5.56 Å².